The second-order valence-electron chi connectivity index (χ2n) is 9.94. The van der Waals surface area contributed by atoms with Crippen molar-refractivity contribution in [2.24, 2.45) is 0 Å². The maximum Gasteiger partial charge on any atom is 0.481 e. The third-order valence-electron chi connectivity index (χ3n) is 7.10. The molecular weight excluding hydrogens is 642 g/mol. The van der Waals surface area contributed by atoms with Crippen molar-refractivity contribution in [3.8, 4) is 0 Å². The number of nitrogens with zero attached hydrogens (tertiary/aromatic N) is 4. The van der Waals surface area contributed by atoms with Gasteiger partial charge in [-0.25, -0.2) is 14.1 Å². The summed E-state index contributed by atoms with van der Waals surface area (Å²) < 4.78 is 45.2. The Hall–Kier alpha value is -3.87. The number of H-pyrrole nitrogens is 1. The number of phosphoric acid groups is 2. The Morgan fingerprint density at radius 2 is 1.62 bits per heavy atom. The first-order valence-corrected chi connectivity index (χ1v) is 16.0. The van der Waals surface area contributed by atoms with Crippen molar-refractivity contribution >= 4 is 55.3 Å². The van der Waals surface area contributed by atoms with Gasteiger partial charge in [0, 0.05) is 16.5 Å². The number of ether oxygens (including phenoxy) is 1. The quantitative estimate of drug-likeness (QED) is 0.0961. The molecule has 2 aromatic carbocycles. The van der Waals surface area contributed by atoms with E-state index in [-0.39, 0.29) is 28.2 Å². The van der Waals surface area contributed by atoms with Crippen LogP contribution in [0.5, 0.6) is 0 Å². The summed E-state index contributed by atoms with van der Waals surface area (Å²) in [4.78, 5) is 68.9. The molecular formula is C24H24N6O13P2. The van der Waals surface area contributed by atoms with E-state index in [2.05, 4.69) is 19.3 Å². The Bertz CT molecular complexity index is 1950. The molecule has 19 nitrogen and oxygen atoms in total. The standard InChI is InChI=1S/C24H24N6O13P2/c25-24-27-19-16(20(33)28-24)26-10-30(19)23-18(32)17(31)14(42-23)9-41-45(38,39)43-44(36,37)40-8-7-29-21(34)12-5-1-3-11-4-2-6-13(15(11)12)22(29)35/h1-6,10,14,17-18,23,31-32H,7-9H2,(H,36,37)(H,38,39)(H3,25,27,28,33)/t14-,17-,18-,23-/m1/s1. The number of hydrogen-bond acceptors (Lipinski definition) is 14. The molecule has 0 aliphatic carbocycles. The van der Waals surface area contributed by atoms with Gasteiger partial charge in [-0.15, -0.1) is 0 Å². The molecule has 45 heavy (non-hydrogen) atoms. The molecule has 1 fully saturated rings. The van der Waals surface area contributed by atoms with Crippen molar-refractivity contribution < 1.29 is 56.8 Å². The number of nitrogens with two attached hydrogens (primary N) is 1. The first kappa shape index (κ1) is 31.1. The Labute approximate surface area is 251 Å². The third-order valence-corrected chi connectivity index (χ3v) is 9.73. The van der Waals surface area contributed by atoms with Gasteiger partial charge in [0.2, 0.25) is 5.95 Å². The number of aromatic nitrogens is 4. The van der Waals surface area contributed by atoms with Gasteiger partial charge in [-0.3, -0.25) is 37.9 Å². The number of imide groups is 1. The molecule has 0 saturated carbocycles. The number of phosphoric ester groups is 2. The van der Waals surface area contributed by atoms with Gasteiger partial charge in [-0.05, 0) is 17.5 Å². The summed E-state index contributed by atoms with van der Waals surface area (Å²) in [6.45, 7) is -2.17. The second kappa shape index (κ2) is 11.5. The molecule has 2 aliphatic rings. The lowest BCUT2D eigenvalue weighted by Crippen LogP contribution is -2.42. The number of benzene rings is 2. The van der Waals surface area contributed by atoms with E-state index in [1.807, 2.05) is 0 Å². The largest absolute Gasteiger partial charge is 0.481 e. The molecule has 1 saturated heterocycles. The highest BCUT2D eigenvalue weighted by atomic mass is 31.3. The van der Waals surface area contributed by atoms with Crippen LogP contribution in [0.25, 0.3) is 21.9 Å². The molecule has 6 atom stereocenters. The van der Waals surface area contributed by atoms with Gasteiger partial charge in [0.05, 0.1) is 26.1 Å². The fourth-order valence-corrected chi connectivity index (χ4v) is 7.17. The minimum absolute atomic E-state index is 0.0854. The van der Waals surface area contributed by atoms with E-state index in [9.17, 15) is 43.5 Å². The van der Waals surface area contributed by atoms with Crippen LogP contribution in [0.1, 0.15) is 26.9 Å². The molecule has 6 rings (SSSR count). The molecule has 21 heteroatoms. The molecule has 4 heterocycles. The Balaban J connectivity index is 1.05. The summed E-state index contributed by atoms with van der Waals surface area (Å²) in [5.41, 5.74) is 5.16. The molecule has 0 bridgehead atoms. The van der Waals surface area contributed by atoms with Gasteiger partial charge in [-0.1, -0.05) is 24.3 Å². The maximum absolute atomic E-state index is 13.0. The molecule has 0 spiro atoms. The number of aromatic amines is 1. The number of imidazole rings is 1. The first-order chi connectivity index (χ1) is 21.3. The summed E-state index contributed by atoms with van der Waals surface area (Å²) in [5.74, 6) is -1.58. The van der Waals surface area contributed by atoms with E-state index in [0.717, 1.165) is 15.8 Å². The number of nitrogens with one attached hydrogen (secondary N) is 1. The predicted molar refractivity (Wildman–Crippen MR) is 150 cm³/mol. The van der Waals surface area contributed by atoms with Crippen molar-refractivity contribution in [1.82, 2.24) is 24.4 Å². The Kier molecular flexibility index (Phi) is 7.95. The van der Waals surface area contributed by atoms with E-state index >= 15 is 0 Å². The molecule has 4 aromatic rings. The Morgan fingerprint density at radius 3 is 2.29 bits per heavy atom. The van der Waals surface area contributed by atoms with E-state index < -0.39 is 77.3 Å². The summed E-state index contributed by atoms with van der Waals surface area (Å²) in [7, 11) is -10.7. The fourth-order valence-electron chi connectivity index (χ4n) is 5.10. The average Bonchev–Trinajstić information content (AvgIpc) is 3.52. The van der Waals surface area contributed by atoms with Crippen molar-refractivity contribution in [2.75, 3.05) is 25.5 Å². The van der Waals surface area contributed by atoms with Gasteiger partial charge in [0.15, 0.2) is 17.4 Å². The zero-order chi connectivity index (χ0) is 32.3. The van der Waals surface area contributed by atoms with Crippen LogP contribution < -0.4 is 11.3 Å². The number of amides is 2. The number of carbonyl (C=O) groups is 2. The smallest absolute Gasteiger partial charge is 0.387 e. The number of aliphatic hydroxyl groups excluding tert-OH is 2. The number of anilines is 1. The van der Waals surface area contributed by atoms with E-state index in [1.54, 1.807) is 24.3 Å². The third kappa shape index (κ3) is 5.82. The number of rotatable bonds is 10. The van der Waals surface area contributed by atoms with Crippen LogP contribution in [0.3, 0.4) is 0 Å². The van der Waals surface area contributed by atoms with Crippen LogP contribution in [0.4, 0.5) is 5.95 Å². The molecule has 2 aliphatic heterocycles. The minimum atomic E-state index is -5.37. The van der Waals surface area contributed by atoms with Crippen LogP contribution in [-0.2, 0) is 27.2 Å². The van der Waals surface area contributed by atoms with Gasteiger partial charge in [0.1, 0.15) is 18.3 Å². The van der Waals surface area contributed by atoms with Gasteiger partial charge in [-0.2, -0.15) is 9.29 Å². The number of nitrogen functional groups attached to an aromatic ring is 1. The summed E-state index contributed by atoms with van der Waals surface area (Å²) in [6, 6.07) is 9.84. The average molecular weight is 666 g/mol. The predicted octanol–water partition coefficient (Wildman–Crippen LogP) is 0.0210. The van der Waals surface area contributed by atoms with Crippen LogP contribution in [-0.4, -0.2) is 94.3 Å². The summed E-state index contributed by atoms with van der Waals surface area (Å²) >= 11 is 0. The number of aliphatic hydroxyl groups is 2. The molecule has 2 amide bonds. The zero-order valence-corrected chi connectivity index (χ0v) is 24.5. The highest BCUT2D eigenvalue weighted by molar-refractivity contribution is 7.61. The van der Waals surface area contributed by atoms with Crippen LogP contribution >= 0.6 is 15.6 Å². The van der Waals surface area contributed by atoms with Gasteiger partial charge < -0.3 is 30.5 Å². The number of carbonyl (C=O) groups excluding carboxylic acids is 2. The number of fused-ring (bicyclic) bond motifs is 1. The molecule has 2 aromatic heterocycles. The van der Waals surface area contributed by atoms with Crippen molar-refractivity contribution in [3.63, 3.8) is 0 Å². The van der Waals surface area contributed by atoms with E-state index in [1.165, 1.54) is 12.1 Å². The topological polar surface area (TPSA) is 279 Å². The molecule has 7 N–H and O–H groups in total. The summed E-state index contributed by atoms with van der Waals surface area (Å²) in [6.07, 6.45) is -5.14. The molecule has 238 valence electrons. The fraction of sp³-hybridized carbons (Fsp3) is 0.292. The maximum atomic E-state index is 13.0. The Morgan fingerprint density at radius 1 is 0.978 bits per heavy atom. The lowest BCUT2D eigenvalue weighted by molar-refractivity contribution is -0.0504. The van der Waals surface area contributed by atoms with Crippen LogP contribution in [0.15, 0.2) is 47.5 Å². The van der Waals surface area contributed by atoms with Crippen LogP contribution in [0.2, 0.25) is 0 Å². The molecule has 0 radical (unpaired) electrons. The van der Waals surface area contributed by atoms with Gasteiger partial charge >= 0.3 is 15.6 Å². The molecule has 2 unspecified atom stereocenters. The summed E-state index contributed by atoms with van der Waals surface area (Å²) in [5, 5.41) is 22.1. The minimum Gasteiger partial charge on any atom is -0.387 e. The lowest BCUT2D eigenvalue weighted by Gasteiger charge is -2.27. The monoisotopic (exact) mass is 666 g/mol. The highest BCUT2D eigenvalue weighted by Crippen LogP contribution is 2.60. The van der Waals surface area contributed by atoms with Crippen molar-refractivity contribution in [1.29, 1.82) is 0 Å². The zero-order valence-electron chi connectivity index (χ0n) is 22.7. The van der Waals surface area contributed by atoms with Gasteiger partial charge in [0.25, 0.3) is 17.4 Å². The first-order valence-electron chi connectivity index (χ1n) is 13.0. The van der Waals surface area contributed by atoms with E-state index in [0.29, 0.717) is 10.8 Å². The SMILES string of the molecule is Nc1nc2c(ncn2[C@@H]2O[C@H](COP(=O)(O)OP(=O)(O)OCCN3C(=O)c4cccc5cccc(c45)C3=O)[C@@H](O)[C@H]2O)c(=O)[nH]1. The van der Waals surface area contributed by atoms with Crippen molar-refractivity contribution in [3.05, 3.63) is 64.2 Å². The van der Waals surface area contributed by atoms with Crippen LogP contribution in [0, 0.1) is 0 Å². The highest BCUT2D eigenvalue weighted by Gasteiger charge is 2.46. The van der Waals surface area contributed by atoms with Crippen molar-refractivity contribution in [2.45, 2.75) is 24.5 Å². The number of hydrogen-bond donors (Lipinski definition) is 6. The van der Waals surface area contributed by atoms with E-state index in [4.69, 9.17) is 19.5 Å². The lowest BCUT2D eigenvalue weighted by atomic mass is 9.94. The second-order valence-corrected chi connectivity index (χ2v) is 13.0. The normalized spacial score (nSPS) is 24.3.